The first-order valence-corrected chi connectivity index (χ1v) is 10.2. The van der Waals surface area contributed by atoms with Gasteiger partial charge in [-0.15, -0.1) is 21.5 Å². The highest BCUT2D eigenvalue weighted by molar-refractivity contribution is 7.99. The summed E-state index contributed by atoms with van der Waals surface area (Å²) in [6.07, 6.45) is 0. The third-order valence-electron chi connectivity index (χ3n) is 4.49. The molecular formula is C18H17FN6OS2. The van der Waals surface area contributed by atoms with Gasteiger partial charge < -0.3 is 10.8 Å². The lowest BCUT2D eigenvalue weighted by molar-refractivity contribution is 0.628. The molecule has 3 N–H and O–H groups in total. The predicted octanol–water partition coefficient (Wildman–Crippen LogP) is 3.57. The van der Waals surface area contributed by atoms with Gasteiger partial charge in [0.2, 0.25) is 5.16 Å². The average Bonchev–Trinajstić information content (AvgIpc) is 3.16. The molecule has 1 aromatic carbocycles. The maximum atomic E-state index is 13.1. The summed E-state index contributed by atoms with van der Waals surface area (Å²) >= 11 is 2.84. The van der Waals surface area contributed by atoms with Crippen molar-refractivity contribution in [2.75, 3.05) is 5.84 Å². The van der Waals surface area contributed by atoms with E-state index in [0.717, 1.165) is 15.3 Å². The van der Waals surface area contributed by atoms with Crippen LogP contribution in [0.25, 0.3) is 21.6 Å². The van der Waals surface area contributed by atoms with Crippen molar-refractivity contribution in [3.63, 3.8) is 0 Å². The van der Waals surface area contributed by atoms with Gasteiger partial charge in [0, 0.05) is 10.4 Å². The van der Waals surface area contributed by atoms with Crippen LogP contribution < -0.4 is 11.4 Å². The Morgan fingerprint density at radius 2 is 1.96 bits per heavy atom. The molecule has 0 radical (unpaired) electrons. The number of hydrogen-bond acceptors (Lipinski definition) is 7. The lowest BCUT2D eigenvalue weighted by atomic mass is 10.2. The van der Waals surface area contributed by atoms with Crippen molar-refractivity contribution in [3.8, 4) is 11.4 Å². The number of nitrogens with zero attached hydrogens (tertiary/aromatic N) is 4. The molecule has 0 spiro atoms. The van der Waals surface area contributed by atoms with Crippen LogP contribution >= 0.6 is 23.1 Å². The van der Waals surface area contributed by atoms with Crippen LogP contribution in [-0.2, 0) is 0 Å². The molecule has 0 aliphatic carbocycles. The van der Waals surface area contributed by atoms with Gasteiger partial charge in [-0.1, -0.05) is 11.8 Å². The molecule has 4 aromatic rings. The topological polar surface area (TPSA) is 102 Å². The van der Waals surface area contributed by atoms with E-state index in [9.17, 15) is 9.18 Å². The average molecular weight is 417 g/mol. The van der Waals surface area contributed by atoms with E-state index in [-0.39, 0.29) is 16.6 Å². The second-order valence-corrected chi connectivity index (χ2v) is 8.87. The minimum atomic E-state index is -0.334. The first kappa shape index (κ1) is 18.6. The number of aromatic nitrogens is 5. The number of nitrogens with one attached hydrogen (secondary N) is 1. The molecule has 10 heteroatoms. The normalized spacial score (nSPS) is 12.6. The molecule has 0 fully saturated rings. The third kappa shape index (κ3) is 3.18. The Balaban J connectivity index is 1.64. The fraction of sp³-hybridized carbons (Fsp3) is 0.222. The van der Waals surface area contributed by atoms with E-state index >= 15 is 0 Å². The Bertz CT molecular complexity index is 1230. The number of nitrogen functional groups attached to an aromatic ring is 1. The second-order valence-electron chi connectivity index (χ2n) is 6.36. The summed E-state index contributed by atoms with van der Waals surface area (Å²) in [5, 5.41) is 9.13. The standard InChI is InChI=1S/C18H17FN6OS2/c1-8-9(2)27-17-13(8)16(26)21-14(22-17)10(3)28-18-24-23-15(25(18)20)11-4-6-12(19)7-5-11/h4-7,10H,20H2,1-3H3,(H,21,22,26)/t10-/m1/s1. The van der Waals surface area contributed by atoms with Crippen LogP contribution in [0.5, 0.6) is 0 Å². The molecule has 0 bridgehead atoms. The number of H-pyrrole nitrogens is 1. The number of thiophene rings is 1. The molecule has 0 aliphatic rings. The maximum absolute atomic E-state index is 13.1. The van der Waals surface area contributed by atoms with Crippen molar-refractivity contribution in [1.29, 1.82) is 0 Å². The Kier molecular flexibility index (Phi) is 4.68. The zero-order valence-corrected chi connectivity index (χ0v) is 17.0. The number of rotatable bonds is 4. The number of benzene rings is 1. The highest BCUT2D eigenvalue weighted by atomic mass is 32.2. The SMILES string of the molecule is Cc1sc2nc([C@@H](C)Sc3nnc(-c4ccc(F)cc4)n3N)[nH]c(=O)c2c1C. The van der Waals surface area contributed by atoms with Crippen LogP contribution in [0.15, 0.2) is 34.2 Å². The van der Waals surface area contributed by atoms with Crippen LogP contribution in [0.2, 0.25) is 0 Å². The smallest absolute Gasteiger partial charge is 0.259 e. The first-order chi connectivity index (χ1) is 13.3. The fourth-order valence-electron chi connectivity index (χ4n) is 2.83. The molecule has 28 heavy (non-hydrogen) atoms. The van der Waals surface area contributed by atoms with E-state index in [4.69, 9.17) is 5.84 Å². The van der Waals surface area contributed by atoms with E-state index in [1.165, 1.54) is 39.9 Å². The van der Waals surface area contributed by atoms with Gasteiger partial charge in [-0.3, -0.25) is 4.79 Å². The van der Waals surface area contributed by atoms with Crippen molar-refractivity contribution >= 4 is 33.3 Å². The molecule has 0 unspecified atom stereocenters. The molecule has 4 rings (SSSR count). The molecule has 0 saturated carbocycles. The number of hydrogen-bond donors (Lipinski definition) is 2. The Morgan fingerprint density at radius 3 is 2.68 bits per heavy atom. The molecule has 7 nitrogen and oxygen atoms in total. The van der Waals surface area contributed by atoms with Crippen LogP contribution in [0.1, 0.15) is 28.4 Å². The summed E-state index contributed by atoms with van der Waals surface area (Å²) in [5.74, 6) is 6.77. The van der Waals surface area contributed by atoms with E-state index in [2.05, 4.69) is 20.2 Å². The Morgan fingerprint density at radius 1 is 1.25 bits per heavy atom. The van der Waals surface area contributed by atoms with Crippen LogP contribution in [0.4, 0.5) is 4.39 Å². The van der Waals surface area contributed by atoms with Crippen molar-refractivity contribution in [2.45, 2.75) is 31.2 Å². The summed E-state index contributed by atoms with van der Waals surface area (Å²) in [6, 6.07) is 5.87. The summed E-state index contributed by atoms with van der Waals surface area (Å²) in [4.78, 5) is 21.8. The Labute approximate surface area is 167 Å². The van der Waals surface area contributed by atoms with E-state index in [1.807, 2.05) is 20.8 Å². The van der Waals surface area contributed by atoms with Gasteiger partial charge in [-0.2, -0.15) is 0 Å². The summed E-state index contributed by atoms with van der Waals surface area (Å²) in [6.45, 7) is 5.82. The molecule has 1 atom stereocenters. The summed E-state index contributed by atoms with van der Waals surface area (Å²) in [7, 11) is 0. The lowest BCUT2D eigenvalue weighted by Gasteiger charge is -2.10. The van der Waals surface area contributed by atoms with Gasteiger partial charge >= 0.3 is 0 Å². The quantitative estimate of drug-likeness (QED) is 0.389. The van der Waals surface area contributed by atoms with E-state index < -0.39 is 0 Å². The van der Waals surface area contributed by atoms with Gasteiger partial charge in [0.15, 0.2) is 5.82 Å². The lowest BCUT2D eigenvalue weighted by Crippen LogP contribution is -2.14. The molecule has 0 saturated heterocycles. The first-order valence-electron chi connectivity index (χ1n) is 8.48. The Hall–Kier alpha value is -2.72. The highest BCUT2D eigenvalue weighted by Crippen LogP contribution is 2.34. The largest absolute Gasteiger partial charge is 0.335 e. The maximum Gasteiger partial charge on any atom is 0.259 e. The van der Waals surface area contributed by atoms with Crippen molar-refractivity contribution < 1.29 is 4.39 Å². The third-order valence-corrected chi connectivity index (χ3v) is 6.66. The van der Waals surface area contributed by atoms with Gasteiger partial charge in [-0.25, -0.2) is 14.1 Å². The van der Waals surface area contributed by atoms with Gasteiger partial charge in [0.05, 0.1) is 10.6 Å². The molecule has 3 heterocycles. The molecule has 0 aliphatic heterocycles. The summed E-state index contributed by atoms with van der Waals surface area (Å²) in [5.41, 5.74) is 1.48. The number of aryl methyl sites for hydroxylation is 2. The van der Waals surface area contributed by atoms with Gasteiger partial charge in [0.1, 0.15) is 16.5 Å². The van der Waals surface area contributed by atoms with Crippen molar-refractivity contribution in [1.82, 2.24) is 24.8 Å². The number of fused-ring (bicyclic) bond motifs is 1. The number of thioether (sulfide) groups is 1. The van der Waals surface area contributed by atoms with Crippen molar-refractivity contribution in [2.24, 2.45) is 0 Å². The van der Waals surface area contributed by atoms with Crippen molar-refractivity contribution in [3.05, 3.63) is 56.7 Å². The van der Waals surface area contributed by atoms with Gasteiger partial charge in [0.25, 0.3) is 5.56 Å². The second kappa shape index (κ2) is 7.02. The van der Waals surface area contributed by atoms with E-state index in [0.29, 0.717) is 27.8 Å². The predicted molar refractivity (Wildman–Crippen MR) is 110 cm³/mol. The minimum absolute atomic E-state index is 0.143. The van der Waals surface area contributed by atoms with Crippen LogP contribution in [0.3, 0.4) is 0 Å². The van der Waals surface area contributed by atoms with Crippen LogP contribution in [0, 0.1) is 19.7 Å². The fourth-order valence-corrected chi connectivity index (χ4v) is 4.70. The monoisotopic (exact) mass is 416 g/mol. The minimum Gasteiger partial charge on any atom is -0.335 e. The van der Waals surface area contributed by atoms with Crippen LogP contribution in [-0.4, -0.2) is 24.8 Å². The molecular weight excluding hydrogens is 399 g/mol. The highest BCUT2D eigenvalue weighted by Gasteiger charge is 2.20. The molecule has 3 aromatic heterocycles. The zero-order chi connectivity index (χ0) is 20.0. The van der Waals surface area contributed by atoms with Gasteiger partial charge in [-0.05, 0) is 50.6 Å². The number of halogens is 1. The zero-order valence-electron chi connectivity index (χ0n) is 15.4. The summed E-state index contributed by atoms with van der Waals surface area (Å²) < 4.78 is 14.5. The molecule has 144 valence electrons. The number of aromatic amines is 1. The van der Waals surface area contributed by atoms with E-state index in [1.54, 1.807) is 12.1 Å². The number of nitrogens with two attached hydrogens (primary N) is 1. The molecule has 0 amide bonds.